The number of hydrogen-bond donors (Lipinski definition) is 0. The van der Waals surface area contributed by atoms with Crippen molar-refractivity contribution >= 4 is 11.7 Å². The molecular formula is C16H22N4O. The Morgan fingerprint density at radius 3 is 2.76 bits per heavy atom. The van der Waals surface area contributed by atoms with E-state index in [9.17, 15) is 4.79 Å². The van der Waals surface area contributed by atoms with Gasteiger partial charge in [-0.3, -0.25) is 14.4 Å². The highest BCUT2D eigenvalue weighted by Crippen LogP contribution is 2.19. The Labute approximate surface area is 125 Å². The summed E-state index contributed by atoms with van der Waals surface area (Å²) in [5.41, 5.74) is 2.42. The normalized spacial score (nSPS) is 12.2. The van der Waals surface area contributed by atoms with Gasteiger partial charge in [-0.05, 0) is 44.9 Å². The summed E-state index contributed by atoms with van der Waals surface area (Å²) < 4.78 is 1.91. The summed E-state index contributed by atoms with van der Waals surface area (Å²) >= 11 is 0. The Morgan fingerprint density at radius 2 is 2.14 bits per heavy atom. The van der Waals surface area contributed by atoms with Gasteiger partial charge < -0.3 is 0 Å². The molecule has 112 valence electrons. The van der Waals surface area contributed by atoms with Gasteiger partial charge in [0.15, 0.2) is 5.69 Å². The number of amides is 1. The molecule has 5 nitrogen and oxygen atoms in total. The van der Waals surface area contributed by atoms with Crippen molar-refractivity contribution in [2.75, 3.05) is 11.9 Å². The van der Waals surface area contributed by atoms with Crippen molar-refractivity contribution in [3.8, 4) is 0 Å². The van der Waals surface area contributed by atoms with E-state index in [1.165, 1.54) is 0 Å². The second-order valence-electron chi connectivity index (χ2n) is 5.38. The molecule has 2 rings (SSSR count). The van der Waals surface area contributed by atoms with E-state index in [0.717, 1.165) is 17.7 Å². The predicted octanol–water partition coefficient (Wildman–Crippen LogP) is 3.14. The Balaban J connectivity index is 2.30. The van der Waals surface area contributed by atoms with Gasteiger partial charge in [0.25, 0.3) is 5.91 Å². The standard InChI is InChI=1S/C16H22N4O/c1-6-12(3)20-13(4)10-14(18-20)16(21)19(5)15-11(2)8-7-9-17-15/h7-10,12H,6H2,1-5H3. The zero-order chi connectivity index (χ0) is 15.6. The molecule has 0 bridgehead atoms. The minimum absolute atomic E-state index is 0.137. The molecule has 0 fully saturated rings. The number of carbonyl (C=O) groups excluding carboxylic acids is 1. The molecule has 0 saturated heterocycles. The first kappa shape index (κ1) is 15.2. The van der Waals surface area contributed by atoms with Gasteiger partial charge in [-0.15, -0.1) is 0 Å². The van der Waals surface area contributed by atoms with Gasteiger partial charge in [0.05, 0.1) is 0 Å². The monoisotopic (exact) mass is 286 g/mol. The molecule has 5 heteroatoms. The molecule has 1 amide bonds. The van der Waals surface area contributed by atoms with Crippen molar-refractivity contribution in [3.05, 3.63) is 41.3 Å². The van der Waals surface area contributed by atoms with Crippen LogP contribution in [0, 0.1) is 13.8 Å². The molecule has 0 spiro atoms. The smallest absolute Gasteiger partial charge is 0.279 e. The van der Waals surface area contributed by atoms with Crippen LogP contribution in [0.4, 0.5) is 5.82 Å². The number of aryl methyl sites for hydroxylation is 2. The minimum atomic E-state index is -0.137. The van der Waals surface area contributed by atoms with Crippen LogP contribution in [0.25, 0.3) is 0 Å². The van der Waals surface area contributed by atoms with E-state index in [4.69, 9.17) is 0 Å². The van der Waals surface area contributed by atoms with Gasteiger partial charge in [0, 0.05) is 25.0 Å². The Kier molecular flexibility index (Phi) is 4.40. The quantitative estimate of drug-likeness (QED) is 0.867. The first-order chi connectivity index (χ1) is 9.95. The molecule has 0 aliphatic rings. The number of carbonyl (C=O) groups is 1. The zero-order valence-electron chi connectivity index (χ0n) is 13.3. The van der Waals surface area contributed by atoms with Crippen LogP contribution in [0.1, 0.15) is 48.1 Å². The van der Waals surface area contributed by atoms with Crippen molar-refractivity contribution in [1.82, 2.24) is 14.8 Å². The second-order valence-corrected chi connectivity index (χ2v) is 5.38. The minimum Gasteiger partial charge on any atom is -0.294 e. The number of aromatic nitrogens is 3. The fourth-order valence-corrected chi connectivity index (χ4v) is 2.31. The maximum atomic E-state index is 12.6. The van der Waals surface area contributed by atoms with E-state index in [0.29, 0.717) is 11.5 Å². The molecule has 0 radical (unpaired) electrons. The number of rotatable bonds is 4. The van der Waals surface area contributed by atoms with Crippen LogP contribution in [-0.2, 0) is 0 Å². The highest BCUT2D eigenvalue weighted by atomic mass is 16.2. The lowest BCUT2D eigenvalue weighted by Crippen LogP contribution is -2.28. The largest absolute Gasteiger partial charge is 0.294 e. The van der Waals surface area contributed by atoms with Crippen LogP contribution in [0.3, 0.4) is 0 Å². The molecule has 0 saturated carbocycles. The third kappa shape index (κ3) is 2.96. The Hall–Kier alpha value is -2.17. The summed E-state index contributed by atoms with van der Waals surface area (Å²) in [5, 5.41) is 4.45. The molecule has 1 unspecified atom stereocenters. The third-order valence-corrected chi connectivity index (χ3v) is 3.75. The maximum Gasteiger partial charge on any atom is 0.279 e. The van der Waals surface area contributed by atoms with Gasteiger partial charge in [0.1, 0.15) is 5.82 Å². The molecule has 21 heavy (non-hydrogen) atoms. The molecule has 0 N–H and O–H groups in total. The number of pyridine rings is 1. The van der Waals surface area contributed by atoms with Gasteiger partial charge in [-0.25, -0.2) is 4.98 Å². The maximum absolute atomic E-state index is 12.6. The topological polar surface area (TPSA) is 51.0 Å². The Bertz CT molecular complexity index is 647. The number of anilines is 1. The molecule has 2 aromatic heterocycles. The molecule has 0 aromatic carbocycles. The van der Waals surface area contributed by atoms with E-state index >= 15 is 0 Å². The average molecular weight is 286 g/mol. The summed E-state index contributed by atoms with van der Waals surface area (Å²) in [7, 11) is 1.73. The van der Waals surface area contributed by atoms with Gasteiger partial charge in [0.2, 0.25) is 0 Å². The number of hydrogen-bond acceptors (Lipinski definition) is 3. The number of nitrogens with zero attached hydrogens (tertiary/aromatic N) is 4. The lowest BCUT2D eigenvalue weighted by Gasteiger charge is -2.17. The summed E-state index contributed by atoms with van der Waals surface area (Å²) in [4.78, 5) is 18.4. The Morgan fingerprint density at radius 1 is 1.43 bits per heavy atom. The second kappa shape index (κ2) is 6.08. The van der Waals surface area contributed by atoms with Crippen molar-refractivity contribution in [1.29, 1.82) is 0 Å². The SMILES string of the molecule is CCC(C)n1nc(C(=O)N(C)c2ncccc2C)cc1C. The van der Waals surface area contributed by atoms with Crippen LogP contribution in [-0.4, -0.2) is 27.7 Å². The molecule has 1 atom stereocenters. The predicted molar refractivity (Wildman–Crippen MR) is 83.7 cm³/mol. The van der Waals surface area contributed by atoms with E-state index in [-0.39, 0.29) is 11.9 Å². The highest BCUT2D eigenvalue weighted by Gasteiger charge is 2.20. The first-order valence-electron chi connectivity index (χ1n) is 7.21. The van der Waals surface area contributed by atoms with Crippen LogP contribution in [0.5, 0.6) is 0 Å². The molecule has 2 heterocycles. The highest BCUT2D eigenvalue weighted by molar-refractivity contribution is 6.04. The van der Waals surface area contributed by atoms with Gasteiger partial charge >= 0.3 is 0 Å². The van der Waals surface area contributed by atoms with Crippen LogP contribution >= 0.6 is 0 Å². The molecule has 0 aliphatic carbocycles. The van der Waals surface area contributed by atoms with Gasteiger partial charge in [-0.2, -0.15) is 5.10 Å². The van der Waals surface area contributed by atoms with Crippen LogP contribution < -0.4 is 4.90 Å². The van der Waals surface area contributed by atoms with Gasteiger partial charge in [-0.1, -0.05) is 13.0 Å². The fourth-order valence-electron chi connectivity index (χ4n) is 2.31. The molecular weight excluding hydrogens is 264 g/mol. The zero-order valence-corrected chi connectivity index (χ0v) is 13.3. The molecule has 2 aromatic rings. The lowest BCUT2D eigenvalue weighted by atomic mass is 10.2. The van der Waals surface area contributed by atoms with E-state index < -0.39 is 0 Å². The van der Waals surface area contributed by atoms with E-state index in [1.807, 2.05) is 36.7 Å². The first-order valence-corrected chi connectivity index (χ1v) is 7.21. The summed E-state index contributed by atoms with van der Waals surface area (Å²) in [6.45, 7) is 8.12. The van der Waals surface area contributed by atoms with Crippen LogP contribution in [0.15, 0.2) is 24.4 Å². The molecule has 0 aliphatic heterocycles. The van der Waals surface area contributed by atoms with Crippen LogP contribution in [0.2, 0.25) is 0 Å². The average Bonchev–Trinajstić information content (AvgIpc) is 2.87. The summed E-state index contributed by atoms with van der Waals surface area (Å²) in [6.07, 6.45) is 2.67. The van der Waals surface area contributed by atoms with Crippen molar-refractivity contribution in [3.63, 3.8) is 0 Å². The lowest BCUT2D eigenvalue weighted by molar-refractivity contribution is 0.0986. The van der Waals surface area contributed by atoms with Crippen molar-refractivity contribution < 1.29 is 4.79 Å². The summed E-state index contributed by atoms with van der Waals surface area (Å²) in [6, 6.07) is 5.92. The fraction of sp³-hybridized carbons (Fsp3) is 0.438. The third-order valence-electron chi connectivity index (χ3n) is 3.75. The van der Waals surface area contributed by atoms with Crippen molar-refractivity contribution in [2.24, 2.45) is 0 Å². The van der Waals surface area contributed by atoms with E-state index in [1.54, 1.807) is 18.1 Å². The summed E-state index contributed by atoms with van der Waals surface area (Å²) in [5.74, 6) is 0.528. The van der Waals surface area contributed by atoms with E-state index in [2.05, 4.69) is 23.9 Å². The van der Waals surface area contributed by atoms with Crippen molar-refractivity contribution in [2.45, 2.75) is 40.2 Å².